The summed E-state index contributed by atoms with van der Waals surface area (Å²) in [6.07, 6.45) is 0. The van der Waals surface area contributed by atoms with Crippen molar-refractivity contribution in [1.29, 1.82) is 0 Å². The summed E-state index contributed by atoms with van der Waals surface area (Å²) < 4.78 is 24.0. The van der Waals surface area contributed by atoms with Gasteiger partial charge in [0.25, 0.3) is 0 Å². The highest BCUT2D eigenvalue weighted by Crippen LogP contribution is 2.35. The van der Waals surface area contributed by atoms with Gasteiger partial charge in [-0.05, 0) is 24.1 Å². The number of methoxy groups -OCH3 is 2. The third-order valence-electron chi connectivity index (χ3n) is 3.12. The molecule has 0 saturated carbocycles. The lowest BCUT2D eigenvalue weighted by atomic mass is 9.97. The van der Waals surface area contributed by atoms with E-state index in [2.05, 4.69) is 0 Å². The summed E-state index contributed by atoms with van der Waals surface area (Å²) in [6.45, 7) is 1.66. The number of benzene rings is 2. The molecule has 0 saturated heterocycles. The van der Waals surface area contributed by atoms with Crippen LogP contribution in [0.4, 0.5) is 4.39 Å². The minimum Gasteiger partial charge on any atom is -0.493 e. The number of rotatable bonds is 3. The molecule has 0 aliphatic rings. The van der Waals surface area contributed by atoms with Crippen molar-refractivity contribution >= 4 is 5.97 Å². The van der Waals surface area contributed by atoms with Gasteiger partial charge in [-0.2, -0.15) is 0 Å². The zero-order chi connectivity index (χ0) is 14.7. The second-order valence-corrected chi connectivity index (χ2v) is 4.31. The van der Waals surface area contributed by atoms with Crippen LogP contribution in [0.3, 0.4) is 0 Å². The van der Waals surface area contributed by atoms with Crippen LogP contribution in [0.15, 0.2) is 36.4 Å². The molecule has 20 heavy (non-hydrogen) atoms. The van der Waals surface area contributed by atoms with Crippen LogP contribution in [0.1, 0.15) is 15.9 Å². The first-order valence-corrected chi connectivity index (χ1v) is 6.11. The molecule has 104 valence electrons. The molecule has 4 heteroatoms. The molecule has 2 aromatic carbocycles. The first-order chi connectivity index (χ1) is 9.60. The second-order valence-electron chi connectivity index (χ2n) is 4.31. The van der Waals surface area contributed by atoms with Crippen LogP contribution in [0.2, 0.25) is 0 Å². The Morgan fingerprint density at radius 3 is 2.40 bits per heavy atom. The van der Waals surface area contributed by atoms with Crippen molar-refractivity contribution < 1.29 is 18.7 Å². The molecule has 0 fully saturated rings. The highest BCUT2D eigenvalue weighted by Gasteiger charge is 2.18. The Kier molecular flexibility index (Phi) is 4.03. The molecular weight excluding hydrogens is 259 g/mol. The normalized spacial score (nSPS) is 10.2. The molecule has 0 bridgehead atoms. The Balaban J connectivity index is 2.69. The van der Waals surface area contributed by atoms with Crippen molar-refractivity contribution in [3.8, 4) is 16.9 Å². The van der Waals surface area contributed by atoms with Crippen molar-refractivity contribution in [2.24, 2.45) is 0 Å². The predicted molar refractivity (Wildman–Crippen MR) is 74.5 cm³/mol. The molecule has 0 unspecified atom stereocenters. The van der Waals surface area contributed by atoms with Crippen LogP contribution in [0.5, 0.6) is 5.75 Å². The summed E-state index contributed by atoms with van der Waals surface area (Å²) in [4.78, 5) is 11.8. The first-order valence-electron chi connectivity index (χ1n) is 6.11. The van der Waals surface area contributed by atoms with Gasteiger partial charge in [0.1, 0.15) is 0 Å². The van der Waals surface area contributed by atoms with Gasteiger partial charge in [-0.3, -0.25) is 0 Å². The Labute approximate surface area is 117 Å². The highest BCUT2D eigenvalue weighted by atomic mass is 19.1. The molecule has 0 aromatic heterocycles. The van der Waals surface area contributed by atoms with Gasteiger partial charge in [0.2, 0.25) is 0 Å². The predicted octanol–water partition coefficient (Wildman–Crippen LogP) is 3.60. The van der Waals surface area contributed by atoms with E-state index < -0.39 is 11.8 Å². The van der Waals surface area contributed by atoms with Gasteiger partial charge in [-0.15, -0.1) is 0 Å². The minimum atomic E-state index is -0.469. The number of hydrogen-bond acceptors (Lipinski definition) is 3. The van der Waals surface area contributed by atoms with Crippen molar-refractivity contribution in [3.05, 3.63) is 53.3 Å². The fourth-order valence-corrected chi connectivity index (χ4v) is 2.07. The lowest BCUT2D eigenvalue weighted by Crippen LogP contribution is -2.04. The lowest BCUT2D eigenvalue weighted by molar-refractivity contribution is 0.0601. The van der Waals surface area contributed by atoms with Crippen LogP contribution in [0, 0.1) is 12.7 Å². The van der Waals surface area contributed by atoms with E-state index in [1.807, 2.05) is 0 Å². The maximum absolute atomic E-state index is 14.1. The molecule has 0 spiro atoms. The third kappa shape index (κ3) is 2.37. The SMILES string of the molecule is COC(=O)c1ccccc1-c1ccc(C)c(F)c1OC. The average Bonchev–Trinajstić information content (AvgIpc) is 2.49. The van der Waals surface area contributed by atoms with E-state index in [1.165, 1.54) is 14.2 Å². The van der Waals surface area contributed by atoms with E-state index in [-0.39, 0.29) is 5.75 Å². The van der Waals surface area contributed by atoms with Crippen molar-refractivity contribution in [3.63, 3.8) is 0 Å². The van der Waals surface area contributed by atoms with Crippen molar-refractivity contribution in [2.75, 3.05) is 14.2 Å². The van der Waals surface area contributed by atoms with E-state index in [0.717, 1.165) is 0 Å². The van der Waals surface area contributed by atoms with E-state index in [0.29, 0.717) is 22.3 Å². The quantitative estimate of drug-likeness (QED) is 0.802. The molecule has 0 heterocycles. The molecule has 2 rings (SSSR count). The monoisotopic (exact) mass is 274 g/mol. The molecule has 3 nitrogen and oxygen atoms in total. The van der Waals surface area contributed by atoms with E-state index in [1.54, 1.807) is 43.3 Å². The largest absolute Gasteiger partial charge is 0.493 e. The smallest absolute Gasteiger partial charge is 0.338 e. The fourth-order valence-electron chi connectivity index (χ4n) is 2.07. The zero-order valence-electron chi connectivity index (χ0n) is 11.6. The maximum atomic E-state index is 14.1. The van der Waals surface area contributed by atoms with Gasteiger partial charge < -0.3 is 9.47 Å². The van der Waals surface area contributed by atoms with Gasteiger partial charge in [0, 0.05) is 5.56 Å². The Morgan fingerprint density at radius 2 is 1.75 bits per heavy atom. The average molecular weight is 274 g/mol. The molecule has 2 aromatic rings. The van der Waals surface area contributed by atoms with Crippen LogP contribution >= 0.6 is 0 Å². The molecular formula is C16H15FO3. The number of esters is 1. The number of ether oxygens (including phenoxy) is 2. The van der Waals surface area contributed by atoms with Gasteiger partial charge in [0.15, 0.2) is 11.6 Å². The van der Waals surface area contributed by atoms with E-state index >= 15 is 0 Å². The summed E-state index contributed by atoms with van der Waals surface area (Å²) in [5.41, 5.74) is 1.96. The Morgan fingerprint density at radius 1 is 1.05 bits per heavy atom. The topological polar surface area (TPSA) is 35.5 Å². The zero-order valence-corrected chi connectivity index (χ0v) is 11.6. The van der Waals surface area contributed by atoms with Crippen LogP contribution in [-0.2, 0) is 4.74 Å². The van der Waals surface area contributed by atoms with Gasteiger partial charge in [-0.1, -0.05) is 30.3 Å². The summed E-state index contributed by atoms with van der Waals surface area (Å²) >= 11 is 0. The highest BCUT2D eigenvalue weighted by molar-refractivity contribution is 5.98. The first kappa shape index (κ1) is 14.1. The molecule has 0 atom stereocenters. The standard InChI is InChI=1S/C16H15FO3/c1-10-8-9-12(15(19-2)14(10)17)11-6-4-5-7-13(11)16(18)20-3/h4-9H,1-3H3. The maximum Gasteiger partial charge on any atom is 0.338 e. The number of carbonyl (C=O) groups is 1. The van der Waals surface area contributed by atoms with Crippen molar-refractivity contribution in [2.45, 2.75) is 6.92 Å². The van der Waals surface area contributed by atoms with Crippen molar-refractivity contribution in [1.82, 2.24) is 0 Å². The molecule has 0 aliphatic heterocycles. The lowest BCUT2D eigenvalue weighted by Gasteiger charge is -2.13. The van der Waals surface area contributed by atoms with Gasteiger partial charge in [0.05, 0.1) is 19.8 Å². The summed E-state index contributed by atoms with van der Waals surface area (Å²) in [5.74, 6) is -0.769. The van der Waals surface area contributed by atoms with Gasteiger partial charge in [-0.25, -0.2) is 9.18 Å². The summed E-state index contributed by atoms with van der Waals surface area (Å²) in [5, 5.41) is 0. The summed E-state index contributed by atoms with van der Waals surface area (Å²) in [6, 6.07) is 10.3. The summed E-state index contributed by atoms with van der Waals surface area (Å²) in [7, 11) is 2.72. The molecule has 0 amide bonds. The second kappa shape index (κ2) is 5.74. The molecule has 0 aliphatic carbocycles. The minimum absolute atomic E-state index is 0.126. The van der Waals surface area contributed by atoms with Crippen LogP contribution < -0.4 is 4.74 Å². The fraction of sp³-hybridized carbons (Fsp3) is 0.188. The number of carbonyl (C=O) groups excluding carboxylic acids is 1. The Hall–Kier alpha value is -2.36. The van der Waals surface area contributed by atoms with Gasteiger partial charge >= 0.3 is 5.97 Å². The number of hydrogen-bond donors (Lipinski definition) is 0. The third-order valence-corrected chi connectivity index (χ3v) is 3.12. The Bertz CT molecular complexity index is 650. The van der Waals surface area contributed by atoms with E-state index in [4.69, 9.17) is 9.47 Å². The number of halogens is 1. The van der Waals surface area contributed by atoms with Crippen LogP contribution in [-0.4, -0.2) is 20.2 Å². The molecule has 0 radical (unpaired) electrons. The van der Waals surface area contributed by atoms with E-state index in [9.17, 15) is 9.18 Å². The number of aryl methyl sites for hydroxylation is 1. The molecule has 0 N–H and O–H groups in total. The van der Waals surface area contributed by atoms with Crippen LogP contribution in [0.25, 0.3) is 11.1 Å².